The van der Waals surface area contributed by atoms with E-state index in [0.717, 1.165) is 36.7 Å². The summed E-state index contributed by atoms with van der Waals surface area (Å²) in [5.41, 5.74) is 5.50. The summed E-state index contributed by atoms with van der Waals surface area (Å²) in [6, 6.07) is 11.9. The van der Waals surface area contributed by atoms with Gasteiger partial charge in [0.15, 0.2) is 0 Å². The van der Waals surface area contributed by atoms with Crippen molar-refractivity contribution < 1.29 is 9.53 Å². The zero-order valence-corrected chi connectivity index (χ0v) is 21.5. The molecule has 38 heavy (non-hydrogen) atoms. The number of nitrogens with zero attached hydrogens (tertiary/aromatic N) is 6. The van der Waals surface area contributed by atoms with Crippen molar-refractivity contribution in [2.75, 3.05) is 42.6 Å². The van der Waals surface area contributed by atoms with Gasteiger partial charge < -0.3 is 19.4 Å². The van der Waals surface area contributed by atoms with Crippen molar-refractivity contribution >= 4 is 17.4 Å². The first-order chi connectivity index (χ1) is 18.5. The zero-order valence-electron chi connectivity index (χ0n) is 21.5. The van der Waals surface area contributed by atoms with Gasteiger partial charge in [-0.25, -0.2) is 10.1 Å². The first-order valence-corrected chi connectivity index (χ1v) is 12.9. The molecule has 2 aliphatic rings. The lowest BCUT2D eigenvalue weighted by molar-refractivity contribution is -0.131. The molecule has 2 aromatic heterocycles. The second kappa shape index (κ2) is 11.4. The summed E-state index contributed by atoms with van der Waals surface area (Å²) < 4.78 is 5.96. The van der Waals surface area contributed by atoms with Gasteiger partial charge in [0.25, 0.3) is 5.56 Å². The quantitative estimate of drug-likeness (QED) is 0.457. The highest BCUT2D eigenvalue weighted by atomic mass is 16.5. The summed E-state index contributed by atoms with van der Waals surface area (Å²) in [5, 5.41) is 15.4. The molecule has 4 heterocycles. The van der Waals surface area contributed by atoms with Crippen LogP contribution in [0.1, 0.15) is 40.7 Å². The molecule has 10 nitrogen and oxygen atoms in total. The van der Waals surface area contributed by atoms with Gasteiger partial charge in [0, 0.05) is 64.1 Å². The Hall–Kier alpha value is -4.23. The molecule has 3 aromatic rings. The molecule has 0 bridgehead atoms. The molecule has 0 aliphatic carbocycles. The first-order valence-electron chi connectivity index (χ1n) is 12.9. The van der Waals surface area contributed by atoms with Crippen molar-refractivity contribution in [2.45, 2.75) is 39.5 Å². The number of aromatic nitrogens is 3. The Morgan fingerprint density at radius 1 is 1.11 bits per heavy atom. The van der Waals surface area contributed by atoms with Gasteiger partial charge in [-0.2, -0.15) is 10.4 Å². The van der Waals surface area contributed by atoms with Crippen LogP contribution >= 0.6 is 0 Å². The van der Waals surface area contributed by atoms with E-state index in [0.29, 0.717) is 56.8 Å². The minimum absolute atomic E-state index is 0.152. The average Bonchev–Trinajstić information content (AvgIpc) is 3.39. The SMILES string of the molecule is Cc1c(N2Cc3cccc(COCCCC(=O)N4CCN(c5ccc(C#N)cn5)CC4)c3C2)cn[nH]c1=O. The largest absolute Gasteiger partial charge is 0.377 e. The lowest BCUT2D eigenvalue weighted by atomic mass is 10.0. The maximum atomic E-state index is 12.7. The highest BCUT2D eigenvalue weighted by Gasteiger charge is 2.24. The predicted octanol–water partition coefficient (Wildman–Crippen LogP) is 2.51. The maximum Gasteiger partial charge on any atom is 0.269 e. The number of aromatic amines is 1. The number of H-pyrrole nitrogens is 1. The monoisotopic (exact) mass is 513 g/mol. The molecule has 5 rings (SSSR count). The van der Waals surface area contributed by atoms with Crippen molar-refractivity contribution in [1.29, 1.82) is 5.26 Å². The average molecular weight is 514 g/mol. The summed E-state index contributed by atoms with van der Waals surface area (Å²) in [5.74, 6) is 0.989. The number of carbonyl (C=O) groups excluding carboxylic acids is 1. The van der Waals surface area contributed by atoms with Crippen molar-refractivity contribution in [2.24, 2.45) is 0 Å². The van der Waals surface area contributed by atoms with Crippen molar-refractivity contribution in [3.63, 3.8) is 0 Å². The minimum Gasteiger partial charge on any atom is -0.377 e. The van der Waals surface area contributed by atoms with Gasteiger partial charge in [0.1, 0.15) is 11.9 Å². The van der Waals surface area contributed by atoms with Gasteiger partial charge in [0.05, 0.1) is 24.1 Å². The minimum atomic E-state index is -0.165. The predicted molar refractivity (Wildman–Crippen MR) is 143 cm³/mol. The Balaban J connectivity index is 1.05. The number of hydrogen-bond donors (Lipinski definition) is 1. The zero-order chi connectivity index (χ0) is 26.5. The molecule has 0 spiro atoms. The van der Waals surface area contributed by atoms with E-state index in [1.165, 1.54) is 11.1 Å². The number of rotatable bonds is 8. The summed E-state index contributed by atoms with van der Waals surface area (Å²) in [6.07, 6.45) is 4.43. The molecule has 2 aliphatic heterocycles. The molecule has 1 amide bonds. The lowest BCUT2D eigenvalue weighted by Gasteiger charge is -2.35. The molecule has 1 saturated heterocycles. The molecular formula is C28H31N7O3. The van der Waals surface area contributed by atoms with Crippen LogP contribution in [0, 0.1) is 18.3 Å². The van der Waals surface area contributed by atoms with Gasteiger partial charge in [-0.3, -0.25) is 9.59 Å². The fraction of sp³-hybridized carbons (Fsp3) is 0.393. The van der Waals surface area contributed by atoms with Crippen LogP contribution in [0.3, 0.4) is 0 Å². The fourth-order valence-corrected chi connectivity index (χ4v) is 5.05. The number of ether oxygens (including phenoxy) is 1. The molecular weight excluding hydrogens is 482 g/mol. The van der Waals surface area contributed by atoms with E-state index >= 15 is 0 Å². The number of nitrogens with one attached hydrogen (secondary N) is 1. The number of fused-ring (bicyclic) bond motifs is 1. The molecule has 1 aromatic carbocycles. The van der Waals surface area contributed by atoms with E-state index in [1.54, 1.807) is 18.5 Å². The third kappa shape index (κ3) is 5.53. The van der Waals surface area contributed by atoms with E-state index in [1.807, 2.05) is 24.0 Å². The van der Waals surface area contributed by atoms with Gasteiger partial charge >= 0.3 is 0 Å². The van der Waals surface area contributed by atoms with E-state index in [2.05, 4.69) is 43.2 Å². The van der Waals surface area contributed by atoms with Crippen LogP contribution in [0.5, 0.6) is 0 Å². The Bertz CT molecular complexity index is 1390. The third-order valence-corrected chi connectivity index (χ3v) is 7.27. The van der Waals surface area contributed by atoms with Crippen molar-refractivity contribution in [3.8, 4) is 6.07 Å². The van der Waals surface area contributed by atoms with E-state index in [-0.39, 0.29) is 11.5 Å². The number of pyridine rings is 1. The summed E-state index contributed by atoms with van der Waals surface area (Å²) in [7, 11) is 0. The second-order valence-corrected chi connectivity index (χ2v) is 9.66. The van der Waals surface area contributed by atoms with Gasteiger partial charge in [-0.05, 0) is 42.2 Å². The van der Waals surface area contributed by atoms with Gasteiger partial charge in [-0.15, -0.1) is 0 Å². The Labute approximate surface area is 221 Å². The number of anilines is 2. The third-order valence-electron chi connectivity index (χ3n) is 7.27. The molecule has 1 fully saturated rings. The number of piperazine rings is 1. The summed E-state index contributed by atoms with van der Waals surface area (Å²) in [6.45, 7) is 7.05. The summed E-state index contributed by atoms with van der Waals surface area (Å²) >= 11 is 0. The molecule has 0 radical (unpaired) electrons. The topological polar surface area (TPSA) is 118 Å². The molecule has 0 atom stereocenters. The van der Waals surface area contributed by atoms with E-state index in [9.17, 15) is 9.59 Å². The van der Waals surface area contributed by atoms with Crippen molar-refractivity contribution in [1.82, 2.24) is 20.1 Å². The molecule has 0 saturated carbocycles. The normalized spacial score (nSPS) is 14.9. The first kappa shape index (κ1) is 25.4. The van der Waals surface area contributed by atoms with Crippen LogP contribution in [0.25, 0.3) is 0 Å². The van der Waals surface area contributed by atoms with Crippen LogP contribution in [0.15, 0.2) is 47.5 Å². The van der Waals surface area contributed by atoms with E-state index in [4.69, 9.17) is 10.00 Å². The van der Waals surface area contributed by atoms with Gasteiger partial charge in [-0.1, -0.05) is 18.2 Å². The van der Waals surface area contributed by atoms with Crippen molar-refractivity contribution in [3.05, 3.63) is 80.9 Å². The number of carbonyl (C=O) groups is 1. The summed E-state index contributed by atoms with van der Waals surface area (Å²) in [4.78, 5) is 35.2. The highest BCUT2D eigenvalue weighted by molar-refractivity contribution is 5.76. The highest BCUT2D eigenvalue weighted by Crippen LogP contribution is 2.31. The fourth-order valence-electron chi connectivity index (χ4n) is 5.05. The number of benzene rings is 1. The number of nitriles is 1. The van der Waals surface area contributed by atoms with E-state index < -0.39 is 0 Å². The number of hydrogen-bond acceptors (Lipinski definition) is 8. The van der Waals surface area contributed by atoms with Crippen LogP contribution in [0.4, 0.5) is 11.5 Å². The maximum absolute atomic E-state index is 12.7. The molecule has 10 heteroatoms. The van der Waals surface area contributed by atoms with Gasteiger partial charge in [0.2, 0.25) is 5.91 Å². The molecule has 196 valence electrons. The Morgan fingerprint density at radius 2 is 1.95 bits per heavy atom. The lowest BCUT2D eigenvalue weighted by Crippen LogP contribution is -2.49. The van der Waals surface area contributed by atoms with Crippen LogP contribution in [-0.4, -0.2) is 58.8 Å². The molecule has 0 unspecified atom stereocenters. The molecule has 1 N–H and O–H groups in total. The Morgan fingerprint density at radius 3 is 2.71 bits per heavy atom. The van der Waals surface area contributed by atoms with Crippen LogP contribution in [0.2, 0.25) is 0 Å². The Kier molecular flexibility index (Phi) is 7.65. The smallest absolute Gasteiger partial charge is 0.269 e. The number of amides is 1. The van der Waals surface area contributed by atoms with Crippen LogP contribution in [-0.2, 0) is 29.2 Å². The second-order valence-electron chi connectivity index (χ2n) is 9.66. The standard InChI is InChI=1S/C28H31N7O3/c1-20-25(16-31-32-28(20)37)35-17-22-4-2-5-23(24(22)18-35)19-38-13-3-6-27(36)34-11-9-33(10-12-34)26-8-7-21(14-29)15-30-26/h2,4-5,7-8,15-16H,3,6,9-13,17-19H2,1H3,(H,32,37). The van der Waals surface area contributed by atoms with Crippen LogP contribution < -0.4 is 15.4 Å².